The molecule has 0 unspecified atom stereocenters. The normalized spacial score (nSPS) is 26.9. The molecule has 1 aromatic carbocycles. The van der Waals surface area contributed by atoms with Crippen molar-refractivity contribution in [1.82, 2.24) is 4.90 Å². The summed E-state index contributed by atoms with van der Waals surface area (Å²) in [7, 11) is 2.04. The quantitative estimate of drug-likeness (QED) is 0.827. The Morgan fingerprint density at radius 3 is 2.88 bits per heavy atom. The van der Waals surface area contributed by atoms with Crippen LogP contribution in [0.25, 0.3) is 0 Å². The number of benzene rings is 1. The lowest BCUT2D eigenvalue weighted by molar-refractivity contribution is 0.117. The van der Waals surface area contributed by atoms with Crippen LogP contribution >= 0.6 is 0 Å². The van der Waals surface area contributed by atoms with Crippen LogP contribution in [-0.2, 0) is 0 Å². The second-order valence-corrected chi connectivity index (χ2v) is 4.62. The molecule has 1 aliphatic heterocycles. The largest absolute Gasteiger partial charge is 0.396 e. The van der Waals surface area contributed by atoms with E-state index in [-0.39, 0.29) is 24.3 Å². The minimum absolute atomic E-state index is 0.128. The highest BCUT2D eigenvalue weighted by molar-refractivity contribution is 5.23. The fraction of sp³-hybridized carbons (Fsp3) is 0.538. The number of hydrogen-bond donors (Lipinski definition) is 1. The summed E-state index contributed by atoms with van der Waals surface area (Å²) in [4.78, 5) is 2.19. The van der Waals surface area contributed by atoms with Gasteiger partial charge in [0.15, 0.2) is 0 Å². The maximum absolute atomic E-state index is 13.7. The van der Waals surface area contributed by atoms with E-state index in [0.29, 0.717) is 0 Å². The van der Waals surface area contributed by atoms with Crippen LogP contribution in [0.2, 0.25) is 0 Å². The van der Waals surface area contributed by atoms with Gasteiger partial charge >= 0.3 is 0 Å². The van der Waals surface area contributed by atoms with E-state index in [1.54, 1.807) is 6.07 Å². The Bertz CT molecular complexity index is 356. The number of nitrogens with zero attached hydrogens (tertiary/aromatic N) is 1. The Morgan fingerprint density at radius 2 is 2.19 bits per heavy atom. The fourth-order valence-corrected chi connectivity index (χ4v) is 2.58. The number of aliphatic hydroxyl groups is 1. The Kier molecular flexibility index (Phi) is 3.56. The van der Waals surface area contributed by atoms with Crippen molar-refractivity contribution in [2.45, 2.75) is 12.3 Å². The molecule has 88 valence electrons. The van der Waals surface area contributed by atoms with Crippen molar-refractivity contribution < 1.29 is 9.50 Å². The maximum Gasteiger partial charge on any atom is 0.126 e. The molecule has 16 heavy (non-hydrogen) atoms. The van der Waals surface area contributed by atoms with Gasteiger partial charge in [0.2, 0.25) is 0 Å². The summed E-state index contributed by atoms with van der Waals surface area (Å²) in [5.41, 5.74) is 0.759. The predicted octanol–water partition coefficient (Wildman–Crippen LogP) is 1.85. The zero-order chi connectivity index (χ0) is 11.5. The summed E-state index contributed by atoms with van der Waals surface area (Å²) in [6, 6.07) is 6.92. The molecule has 0 saturated carbocycles. The first kappa shape index (κ1) is 11.6. The third-order valence-corrected chi connectivity index (χ3v) is 3.48. The number of piperidine rings is 1. The van der Waals surface area contributed by atoms with E-state index < -0.39 is 0 Å². The molecule has 1 aliphatic rings. The van der Waals surface area contributed by atoms with E-state index in [1.165, 1.54) is 6.07 Å². The molecule has 0 amide bonds. The molecular formula is C13H18FNO. The third kappa shape index (κ3) is 2.25. The van der Waals surface area contributed by atoms with E-state index in [9.17, 15) is 9.50 Å². The van der Waals surface area contributed by atoms with Crippen molar-refractivity contribution in [3.05, 3.63) is 35.6 Å². The van der Waals surface area contributed by atoms with Crippen molar-refractivity contribution >= 4 is 0 Å². The first-order valence-electron chi connectivity index (χ1n) is 5.76. The molecule has 2 atom stereocenters. The molecule has 2 rings (SSSR count). The predicted molar refractivity (Wildman–Crippen MR) is 61.8 cm³/mol. The van der Waals surface area contributed by atoms with Gasteiger partial charge in [0, 0.05) is 19.1 Å². The Morgan fingerprint density at radius 1 is 1.44 bits per heavy atom. The van der Waals surface area contributed by atoms with Crippen LogP contribution in [0.15, 0.2) is 24.3 Å². The zero-order valence-electron chi connectivity index (χ0n) is 9.56. The Hall–Kier alpha value is -0.930. The summed E-state index contributed by atoms with van der Waals surface area (Å²) >= 11 is 0. The van der Waals surface area contributed by atoms with Crippen molar-refractivity contribution in [1.29, 1.82) is 0 Å². The first-order chi connectivity index (χ1) is 7.72. The zero-order valence-corrected chi connectivity index (χ0v) is 9.56. The molecule has 0 bridgehead atoms. The van der Waals surface area contributed by atoms with E-state index in [4.69, 9.17) is 0 Å². The minimum Gasteiger partial charge on any atom is -0.396 e. The smallest absolute Gasteiger partial charge is 0.126 e. The molecule has 0 radical (unpaired) electrons. The summed E-state index contributed by atoms with van der Waals surface area (Å²) in [6.45, 7) is 1.94. The van der Waals surface area contributed by atoms with E-state index >= 15 is 0 Å². The van der Waals surface area contributed by atoms with Gasteiger partial charge in [-0.2, -0.15) is 0 Å². The van der Waals surface area contributed by atoms with Gasteiger partial charge in [-0.05, 0) is 37.6 Å². The lowest BCUT2D eigenvalue weighted by Gasteiger charge is -2.36. The highest BCUT2D eigenvalue weighted by atomic mass is 19.1. The number of halogens is 1. The highest BCUT2D eigenvalue weighted by Gasteiger charge is 2.29. The van der Waals surface area contributed by atoms with Gasteiger partial charge < -0.3 is 10.0 Å². The lowest BCUT2D eigenvalue weighted by atomic mass is 9.81. The van der Waals surface area contributed by atoms with Gasteiger partial charge in [-0.1, -0.05) is 18.2 Å². The maximum atomic E-state index is 13.7. The average Bonchev–Trinajstić information content (AvgIpc) is 2.30. The number of likely N-dealkylation sites (tertiary alicyclic amines) is 1. The van der Waals surface area contributed by atoms with Crippen LogP contribution < -0.4 is 0 Å². The lowest BCUT2D eigenvalue weighted by Crippen LogP contribution is -2.38. The van der Waals surface area contributed by atoms with Gasteiger partial charge in [-0.15, -0.1) is 0 Å². The molecule has 1 fully saturated rings. The summed E-state index contributed by atoms with van der Waals surface area (Å²) < 4.78 is 13.7. The molecule has 1 heterocycles. The van der Waals surface area contributed by atoms with Gasteiger partial charge in [0.05, 0.1) is 0 Å². The van der Waals surface area contributed by atoms with Gasteiger partial charge in [0.1, 0.15) is 5.82 Å². The molecule has 0 aromatic heterocycles. The molecule has 3 heteroatoms. The van der Waals surface area contributed by atoms with E-state index in [0.717, 1.165) is 25.1 Å². The van der Waals surface area contributed by atoms with Gasteiger partial charge in [0.25, 0.3) is 0 Å². The number of rotatable bonds is 2. The van der Waals surface area contributed by atoms with E-state index in [2.05, 4.69) is 4.90 Å². The molecule has 1 aromatic rings. The van der Waals surface area contributed by atoms with Crippen molar-refractivity contribution in [2.75, 3.05) is 26.7 Å². The Balaban J connectivity index is 2.22. The molecular weight excluding hydrogens is 205 g/mol. The van der Waals surface area contributed by atoms with Crippen LogP contribution in [0, 0.1) is 11.7 Å². The number of hydrogen-bond acceptors (Lipinski definition) is 2. The van der Waals surface area contributed by atoms with Crippen LogP contribution in [0.1, 0.15) is 17.9 Å². The highest BCUT2D eigenvalue weighted by Crippen LogP contribution is 2.33. The average molecular weight is 223 g/mol. The van der Waals surface area contributed by atoms with Crippen molar-refractivity contribution in [2.24, 2.45) is 5.92 Å². The second-order valence-electron chi connectivity index (χ2n) is 4.62. The number of aliphatic hydroxyl groups excluding tert-OH is 1. The molecule has 1 saturated heterocycles. The summed E-state index contributed by atoms with van der Waals surface area (Å²) in [6.07, 6.45) is 0.919. The van der Waals surface area contributed by atoms with Crippen LogP contribution in [0.5, 0.6) is 0 Å². The second kappa shape index (κ2) is 4.93. The topological polar surface area (TPSA) is 23.5 Å². The van der Waals surface area contributed by atoms with Crippen molar-refractivity contribution in [3.63, 3.8) is 0 Å². The standard InChI is InChI=1S/C13H18FNO/c1-15-7-6-11(10(8-15)9-16)12-4-2-3-5-13(12)14/h2-5,10-11,16H,6-9H2,1H3/t10-,11+/m1/s1. The van der Waals surface area contributed by atoms with Gasteiger partial charge in [-0.25, -0.2) is 4.39 Å². The third-order valence-electron chi connectivity index (χ3n) is 3.48. The fourth-order valence-electron chi connectivity index (χ4n) is 2.58. The van der Waals surface area contributed by atoms with Gasteiger partial charge in [-0.3, -0.25) is 0 Å². The first-order valence-corrected chi connectivity index (χ1v) is 5.76. The SMILES string of the molecule is CN1CC[C@H](c2ccccc2F)[C@@H](CO)C1. The summed E-state index contributed by atoms with van der Waals surface area (Å²) in [5.74, 6) is 0.161. The Labute approximate surface area is 95.7 Å². The van der Waals surface area contributed by atoms with Crippen LogP contribution in [0.4, 0.5) is 4.39 Å². The molecule has 0 spiro atoms. The van der Waals surface area contributed by atoms with Crippen LogP contribution in [0.3, 0.4) is 0 Å². The summed E-state index contributed by atoms with van der Waals surface area (Å²) in [5, 5.41) is 9.38. The minimum atomic E-state index is -0.143. The van der Waals surface area contributed by atoms with E-state index in [1.807, 2.05) is 19.2 Å². The molecule has 2 nitrogen and oxygen atoms in total. The van der Waals surface area contributed by atoms with Crippen LogP contribution in [-0.4, -0.2) is 36.8 Å². The monoisotopic (exact) mass is 223 g/mol. The molecule has 1 N–H and O–H groups in total. The van der Waals surface area contributed by atoms with Crippen molar-refractivity contribution in [3.8, 4) is 0 Å². The molecule has 0 aliphatic carbocycles.